The van der Waals surface area contributed by atoms with E-state index in [9.17, 15) is 15.0 Å². The van der Waals surface area contributed by atoms with Crippen LogP contribution in [-0.2, 0) is 9.53 Å². The van der Waals surface area contributed by atoms with Crippen molar-refractivity contribution in [1.29, 1.82) is 0 Å². The van der Waals surface area contributed by atoms with Gasteiger partial charge in [0.05, 0.1) is 11.2 Å². The molecular weight excluding hydrogens is 364 g/mol. The highest BCUT2D eigenvalue weighted by Gasteiger charge is 2.70. The van der Waals surface area contributed by atoms with Gasteiger partial charge in [0.1, 0.15) is 6.61 Å². The SMILES string of the molecule is CCC12CCC(C)CC1(O)CC[C@@H]1[C@@H]2CCC2(C)C(C3=CC(=O)OC3)CCC12O. The summed E-state index contributed by atoms with van der Waals surface area (Å²) in [5.74, 6) is 1.28. The average Bonchev–Trinajstić information content (AvgIpc) is 3.21. The number of cyclic esters (lactones) is 1. The summed E-state index contributed by atoms with van der Waals surface area (Å²) in [6.07, 6.45) is 11.5. The van der Waals surface area contributed by atoms with Crippen molar-refractivity contribution in [3.63, 3.8) is 0 Å². The van der Waals surface area contributed by atoms with E-state index in [1.807, 2.05) is 0 Å². The normalized spacial score (nSPS) is 54.2. The smallest absolute Gasteiger partial charge is 0.331 e. The molecule has 162 valence electrons. The van der Waals surface area contributed by atoms with Gasteiger partial charge < -0.3 is 14.9 Å². The van der Waals surface area contributed by atoms with Gasteiger partial charge in [-0.15, -0.1) is 0 Å². The van der Waals surface area contributed by atoms with Gasteiger partial charge in [-0.25, -0.2) is 4.79 Å². The van der Waals surface area contributed by atoms with Crippen LogP contribution >= 0.6 is 0 Å². The molecule has 0 aromatic rings. The van der Waals surface area contributed by atoms with E-state index in [2.05, 4.69) is 20.8 Å². The predicted octanol–water partition coefficient (Wildman–Crippen LogP) is 4.38. The van der Waals surface area contributed by atoms with E-state index in [4.69, 9.17) is 4.74 Å². The van der Waals surface area contributed by atoms with Crippen LogP contribution in [-0.4, -0.2) is 34.0 Å². The molecule has 0 amide bonds. The summed E-state index contributed by atoms with van der Waals surface area (Å²) in [4.78, 5) is 11.7. The molecule has 1 heterocycles. The minimum atomic E-state index is -0.695. The van der Waals surface area contributed by atoms with Gasteiger partial charge in [-0.3, -0.25) is 0 Å². The maximum Gasteiger partial charge on any atom is 0.331 e. The summed E-state index contributed by atoms with van der Waals surface area (Å²) >= 11 is 0. The van der Waals surface area contributed by atoms with Gasteiger partial charge in [0.15, 0.2) is 0 Å². The van der Waals surface area contributed by atoms with Crippen molar-refractivity contribution >= 4 is 5.97 Å². The van der Waals surface area contributed by atoms with Crippen molar-refractivity contribution in [3.8, 4) is 0 Å². The van der Waals surface area contributed by atoms with Crippen LogP contribution in [0.3, 0.4) is 0 Å². The van der Waals surface area contributed by atoms with Gasteiger partial charge in [-0.05, 0) is 93.5 Å². The Hall–Kier alpha value is -0.870. The Bertz CT molecular complexity index is 745. The molecule has 8 atom stereocenters. The molecule has 0 spiro atoms. The number of carbonyl (C=O) groups excluding carboxylic acids is 1. The second-order valence-corrected chi connectivity index (χ2v) is 11.4. The van der Waals surface area contributed by atoms with E-state index >= 15 is 0 Å². The first-order valence-corrected chi connectivity index (χ1v) is 12.0. The van der Waals surface area contributed by atoms with Gasteiger partial charge in [-0.1, -0.05) is 20.8 Å². The number of hydrogen-bond acceptors (Lipinski definition) is 4. The van der Waals surface area contributed by atoms with Crippen molar-refractivity contribution in [2.45, 2.75) is 96.2 Å². The molecule has 1 aliphatic heterocycles. The maximum atomic E-state index is 12.3. The Morgan fingerprint density at radius 3 is 2.52 bits per heavy atom. The summed E-state index contributed by atoms with van der Waals surface area (Å²) < 4.78 is 5.22. The Morgan fingerprint density at radius 2 is 1.83 bits per heavy atom. The molecule has 0 saturated heterocycles. The number of carbonyl (C=O) groups is 1. The zero-order chi connectivity index (χ0) is 20.7. The Kier molecular flexibility index (Phi) is 4.37. The molecule has 0 aromatic heterocycles. The number of fused-ring (bicyclic) bond motifs is 5. The zero-order valence-electron chi connectivity index (χ0n) is 18.4. The van der Waals surface area contributed by atoms with Gasteiger partial charge in [0.25, 0.3) is 0 Å². The monoisotopic (exact) mass is 402 g/mol. The fraction of sp³-hybridized carbons (Fsp3) is 0.880. The van der Waals surface area contributed by atoms with Crippen molar-refractivity contribution in [2.75, 3.05) is 6.61 Å². The lowest BCUT2D eigenvalue weighted by atomic mass is 9.40. The number of esters is 1. The summed E-state index contributed by atoms with van der Waals surface area (Å²) in [6, 6.07) is 0. The molecule has 4 fully saturated rings. The van der Waals surface area contributed by atoms with Crippen molar-refractivity contribution in [2.24, 2.45) is 34.5 Å². The van der Waals surface area contributed by atoms with Crippen LogP contribution < -0.4 is 0 Å². The largest absolute Gasteiger partial charge is 0.458 e. The molecule has 6 unspecified atom stereocenters. The lowest BCUT2D eigenvalue weighted by Gasteiger charge is -2.67. The first-order valence-electron chi connectivity index (χ1n) is 12.0. The van der Waals surface area contributed by atoms with E-state index in [0.29, 0.717) is 18.4 Å². The van der Waals surface area contributed by atoms with Crippen LogP contribution in [0.15, 0.2) is 11.6 Å². The van der Waals surface area contributed by atoms with Crippen molar-refractivity contribution in [3.05, 3.63) is 11.6 Å². The second kappa shape index (κ2) is 6.32. The third-order valence-electron chi connectivity index (χ3n) is 10.7. The van der Waals surface area contributed by atoms with Gasteiger partial charge in [-0.2, -0.15) is 0 Å². The molecule has 0 aromatic carbocycles. The quantitative estimate of drug-likeness (QED) is 0.673. The second-order valence-electron chi connectivity index (χ2n) is 11.4. The molecular formula is C25H38O4. The predicted molar refractivity (Wildman–Crippen MR) is 111 cm³/mol. The molecule has 4 saturated carbocycles. The van der Waals surface area contributed by atoms with E-state index < -0.39 is 11.2 Å². The Labute approximate surface area is 175 Å². The van der Waals surface area contributed by atoms with E-state index in [0.717, 1.165) is 63.4 Å². The minimum Gasteiger partial charge on any atom is -0.458 e. The summed E-state index contributed by atoms with van der Waals surface area (Å²) in [7, 11) is 0. The van der Waals surface area contributed by atoms with Crippen LogP contribution in [0.25, 0.3) is 0 Å². The molecule has 5 aliphatic rings. The van der Waals surface area contributed by atoms with Crippen LogP contribution in [0.1, 0.15) is 85.0 Å². The van der Waals surface area contributed by atoms with Crippen LogP contribution in [0.5, 0.6) is 0 Å². The lowest BCUT2D eigenvalue weighted by Crippen LogP contribution is -2.67. The first kappa shape index (κ1) is 20.1. The molecule has 4 heteroatoms. The number of aliphatic hydroxyl groups is 2. The minimum absolute atomic E-state index is 0.0384. The van der Waals surface area contributed by atoms with Gasteiger partial charge >= 0.3 is 5.97 Å². The summed E-state index contributed by atoms with van der Waals surface area (Å²) in [5.41, 5.74) is -0.393. The Morgan fingerprint density at radius 1 is 1.07 bits per heavy atom. The zero-order valence-corrected chi connectivity index (χ0v) is 18.4. The Balaban J connectivity index is 1.51. The topological polar surface area (TPSA) is 66.8 Å². The fourth-order valence-electron chi connectivity index (χ4n) is 9.21. The highest BCUT2D eigenvalue weighted by molar-refractivity contribution is 5.85. The fourth-order valence-corrected chi connectivity index (χ4v) is 9.21. The standard InChI is InChI=1S/C25H38O4/c1-4-23-10-5-16(2)14-24(23,27)11-7-20-19(23)6-9-22(3)18(8-12-25(20,22)28)17-13-21(26)29-15-17/h13,16,18-20,27-28H,4-12,14-15H2,1-3H3/t16?,18?,19-,20+,22?,23?,24?,25?/m0/s1. The molecule has 29 heavy (non-hydrogen) atoms. The first-order chi connectivity index (χ1) is 13.7. The lowest BCUT2D eigenvalue weighted by molar-refractivity contribution is -0.257. The number of rotatable bonds is 2. The molecule has 0 bridgehead atoms. The molecule has 0 radical (unpaired) electrons. The van der Waals surface area contributed by atoms with E-state index in [1.165, 1.54) is 6.42 Å². The van der Waals surface area contributed by atoms with Gasteiger partial charge in [0.2, 0.25) is 0 Å². The number of ether oxygens (including phenoxy) is 1. The van der Waals surface area contributed by atoms with Crippen LogP contribution in [0.2, 0.25) is 0 Å². The number of hydrogen-bond donors (Lipinski definition) is 2. The molecule has 5 rings (SSSR count). The van der Waals surface area contributed by atoms with Crippen molar-refractivity contribution in [1.82, 2.24) is 0 Å². The maximum absolute atomic E-state index is 12.3. The highest BCUT2D eigenvalue weighted by atomic mass is 16.5. The molecule has 4 nitrogen and oxygen atoms in total. The summed E-state index contributed by atoms with van der Waals surface area (Å²) in [5, 5.41) is 24.1. The van der Waals surface area contributed by atoms with E-state index in [1.54, 1.807) is 6.08 Å². The van der Waals surface area contributed by atoms with Crippen LogP contribution in [0.4, 0.5) is 0 Å². The third kappa shape index (κ3) is 2.42. The highest BCUT2D eigenvalue weighted by Crippen LogP contribution is 2.71. The van der Waals surface area contributed by atoms with Crippen LogP contribution in [0, 0.1) is 34.5 Å². The third-order valence-corrected chi connectivity index (χ3v) is 10.7. The average molecular weight is 403 g/mol. The summed E-state index contributed by atoms with van der Waals surface area (Å²) in [6.45, 7) is 7.23. The van der Waals surface area contributed by atoms with Gasteiger partial charge in [0, 0.05) is 16.9 Å². The molecule has 2 N–H and O–H groups in total. The van der Waals surface area contributed by atoms with Crippen molar-refractivity contribution < 1.29 is 19.7 Å². The van der Waals surface area contributed by atoms with E-state index in [-0.39, 0.29) is 28.6 Å². The molecule has 4 aliphatic carbocycles.